The molecule has 2 aromatic heterocycles. The summed E-state index contributed by atoms with van der Waals surface area (Å²) in [5.74, 6) is 2.47. The maximum Gasteiger partial charge on any atom is 0.227 e. The maximum absolute atomic E-state index is 9.82. The third-order valence-corrected chi connectivity index (χ3v) is 7.75. The summed E-state index contributed by atoms with van der Waals surface area (Å²) in [6, 6.07) is 16.9. The molecule has 0 saturated carbocycles. The number of ether oxygens (including phenoxy) is 1. The summed E-state index contributed by atoms with van der Waals surface area (Å²) in [4.78, 5) is 17.3. The lowest BCUT2D eigenvalue weighted by Crippen LogP contribution is -2.49. The minimum Gasteiger partial charge on any atom is -0.392 e. The molecule has 1 unspecified atom stereocenters. The van der Waals surface area contributed by atoms with E-state index >= 15 is 0 Å². The monoisotopic (exact) mass is 528 g/mol. The Balaban J connectivity index is 1.44. The molecule has 0 radical (unpaired) electrons. The van der Waals surface area contributed by atoms with Crippen molar-refractivity contribution in [3.8, 4) is 11.1 Å². The molecule has 2 saturated heterocycles. The Kier molecular flexibility index (Phi) is 7.20. The molecule has 2 fully saturated rings. The number of aromatic nitrogens is 3. The van der Waals surface area contributed by atoms with E-state index in [1.165, 1.54) is 5.56 Å². The van der Waals surface area contributed by atoms with Gasteiger partial charge in [-0.15, -0.1) is 0 Å². The number of hydrogen-bond donors (Lipinski definition) is 1. The van der Waals surface area contributed by atoms with E-state index in [1.54, 1.807) is 0 Å². The van der Waals surface area contributed by atoms with E-state index in [2.05, 4.69) is 62.3 Å². The lowest BCUT2D eigenvalue weighted by molar-refractivity contribution is 0.0938. The van der Waals surface area contributed by atoms with Crippen molar-refractivity contribution in [1.82, 2.24) is 20.0 Å². The van der Waals surface area contributed by atoms with Gasteiger partial charge in [0.15, 0.2) is 0 Å². The van der Waals surface area contributed by atoms with E-state index in [0.29, 0.717) is 19.8 Å². The third kappa shape index (κ3) is 5.22. The topological polar surface area (TPSA) is 91.0 Å². The Hall–Kier alpha value is -3.53. The second-order valence-electron chi connectivity index (χ2n) is 10.6. The first-order valence-electron chi connectivity index (χ1n) is 13.8. The van der Waals surface area contributed by atoms with Crippen LogP contribution in [0.25, 0.3) is 22.0 Å². The number of aryl methyl sites for hydroxylation is 2. The van der Waals surface area contributed by atoms with Crippen LogP contribution in [0.15, 0.2) is 53.1 Å². The number of anilines is 2. The van der Waals surface area contributed by atoms with Crippen molar-refractivity contribution in [3.05, 3.63) is 65.5 Å². The van der Waals surface area contributed by atoms with Gasteiger partial charge in [-0.1, -0.05) is 41.6 Å². The number of fused-ring (bicyclic) bond motifs is 1. The van der Waals surface area contributed by atoms with E-state index in [4.69, 9.17) is 19.2 Å². The molecule has 2 atom stereocenters. The molecule has 204 valence electrons. The molecule has 0 amide bonds. The van der Waals surface area contributed by atoms with Gasteiger partial charge < -0.3 is 24.2 Å². The molecule has 4 aromatic rings. The first kappa shape index (κ1) is 25.7. The molecule has 2 aliphatic heterocycles. The van der Waals surface area contributed by atoms with Gasteiger partial charge in [0.2, 0.25) is 5.95 Å². The van der Waals surface area contributed by atoms with Crippen LogP contribution in [-0.4, -0.2) is 83.7 Å². The minimum atomic E-state index is -0.330. The molecule has 1 N–H and O–H groups in total. The van der Waals surface area contributed by atoms with Gasteiger partial charge in [-0.3, -0.25) is 4.90 Å². The first-order chi connectivity index (χ1) is 19.0. The number of aliphatic hydroxyl groups is 1. The third-order valence-electron chi connectivity index (χ3n) is 7.75. The van der Waals surface area contributed by atoms with Crippen molar-refractivity contribution in [2.45, 2.75) is 32.9 Å². The van der Waals surface area contributed by atoms with Crippen LogP contribution in [0.5, 0.6) is 0 Å². The number of piperazine rings is 1. The summed E-state index contributed by atoms with van der Waals surface area (Å²) >= 11 is 0. The van der Waals surface area contributed by atoms with Crippen molar-refractivity contribution in [2.75, 3.05) is 62.3 Å². The van der Waals surface area contributed by atoms with Gasteiger partial charge in [0.25, 0.3) is 0 Å². The molecule has 0 spiro atoms. The van der Waals surface area contributed by atoms with Crippen LogP contribution in [0, 0.1) is 13.8 Å². The van der Waals surface area contributed by atoms with Crippen LogP contribution >= 0.6 is 0 Å². The Morgan fingerprint density at radius 3 is 2.51 bits per heavy atom. The number of hydrogen-bond acceptors (Lipinski definition) is 9. The quantitative estimate of drug-likeness (QED) is 0.399. The van der Waals surface area contributed by atoms with Crippen LogP contribution in [0.3, 0.4) is 0 Å². The molecule has 6 rings (SSSR count). The minimum absolute atomic E-state index is 0.0523. The summed E-state index contributed by atoms with van der Waals surface area (Å²) < 4.78 is 11.4. The second-order valence-corrected chi connectivity index (χ2v) is 10.6. The fourth-order valence-electron chi connectivity index (χ4n) is 5.82. The van der Waals surface area contributed by atoms with Crippen LogP contribution in [0.2, 0.25) is 0 Å². The number of aliphatic hydroxyl groups excluding tert-OH is 1. The molecule has 4 heterocycles. The van der Waals surface area contributed by atoms with E-state index in [9.17, 15) is 5.11 Å². The van der Waals surface area contributed by atoms with Gasteiger partial charge in [0.1, 0.15) is 11.6 Å². The summed E-state index contributed by atoms with van der Waals surface area (Å²) in [6.07, 6.45) is -0.330. The molecule has 0 bridgehead atoms. The van der Waals surface area contributed by atoms with E-state index in [0.717, 1.165) is 78.0 Å². The summed E-state index contributed by atoms with van der Waals surface area (Å²) in [6.45, 7) is 11.8. The normalized spacial score (nSPS) is 19.5. The average molecular weight is 529 g/mol. The van der Waals surface area contributed by atoms with Gasteiger partial charge in [-0.2, -0.15) is 4.98 Å². The highest BCUT2D eigenvalue weighted by Crippen LogP contribution is 2.37. The van der Waals surface area contributed by atoms with E-state index < -0.39 is 0 Å². The highest BCUT2D eigenvalue weighted by atomic mass is 16.5. The fraction of sp³-hybridized carbons (Fsp3) is 0.433. The maximum atomic E-state index is 9.82. The van der Waals surface area contributed by atoms with Crippen LogP contribution in [-0.2, 0) is 4.74 Å². The molecule has 2 aromatic carbocycles. The zero-order chi connectivity index (χ0) is 26.9. The first-order valence-corrected chi connectivity index (χ1v) is 13.8. The Morgan fingerprint density at radius 1 is 1.00 bits per heavy atom. The van der Waals surface area contributed by atoms with Crippen molar-refractivity contribution >= 4 is 22.7 Å². The number of benzene rings is 2. The number of morpholine rings is 1. The summed E-state index contributed by atoms with van der Waals surface area (Å²) in [7, 11) is 0. The molecule has 9 nitrogen and oxygen atoms in total. The van der Waals surface area contributed by atoms with E-state index in [-0.39, 0.29) is 12.1 Å². The Bertz CT molecular complexity index is 1410. The number of rotatable bonds is 6. The summed E-state index contributed by atoms with van der Waals surface area (Å²) in [5.41, 5.74) is 5.05. The van der Waals surface area contributed by atoms with Gasteiger partial charge in [-0.25, -0.2) is 4.98 Å². The van der Waals surface area contributed by atoms with Gasteiger partial charge in [-0.05, 0) is 44.0 Å². The predicted molar refractivity (Wildman–Crippen MR) is 152 cm³/mol. The van der Waals surface area contributed by atoms with Crippen LogP contribution < -0.4 is 9.80 Å². The largest absolute Gasteiger partial charge is 0.392 e. The van der Waals surface area contributed by atoms with Gasteiger partial charge in [0, 0.05) is 50.2 Å². The Morgan fingerprint density at radius 2 is 1.79 bits per heavy atom. The van der Waals surface area contributed by atoms with Crippen molar-refractivity contribution in [3.63, 3.8) is 0 Å². The summed E-state index contributed by atoms with van der Waals surface area (Å²) in [5, 5.41) is 15.0. The van der Waals surface area contributed by atoms with Crippen LogP contribution in [0.4, 0.5) is 11.8 Å². The molecule has 0 aliphatic carbocycles. The van der Waals surface area contributed by atoms with Gasteiger partial charge >= 0.3 is 0 Å². The molecule has 39 heavy (non-hydrogen) atoms. The smallest absolute Gasteiger partial charge is 0.227 e. The highest BCUT2D eigenvalue weighted by Gasteiger charge is 2.29. The zero-order valence-electron chi connectivity index (χ0n) is 22.9. The average Bonchev–Trinajstić information content (AvgIpc) is 3.30. The molecular formula is C30H36N6O3. The molecular weight excluding hydrogens is 492 g/mol. The lowest BCUT2D eigenvalue weighted by atomic mass is 10.0. The van der Waals surface area contributed by atoms with Crippen molar-refractivity contribution in [2.24, 2.45) is 0 Å². The van der Waals surface area contributed by atoms with Crippen molar-refractivity contribution < 1.29 is 14.4 Å². The highest BCUT2D eigenvalue weighted by molar-refractivity contribution is 5.94. The molecule has 9 heteroatoms. The predicted octanol–water partition coefficient (Wildman–Crippen LogP) is 3.98. The Labute approximate surface area is 229 Å². The standard InChI is InChI=1S/C30H36N6O3/c1-20(37)18-34-11-13-35(14-12-34)30-31-26-10-9-24(28-21(2)33-39-22(28)3)17-25(26)29(32-30)36-15-16-38-19-27(36)23-7-5-4-6-8-23/h4-10,17,20,27,37H,11-16,18-19H2,1-3H3/t20?,27-/m1/s1. The molecule has 2 aliphatic rings. The zero-order valence-corrected chi connectivity index (χ0v) is 22.9. The lowest BCUT2D eigenvalue weighted by Gasteiger charge is -2.39. The number of β-amino-alcohol motifs (C(OH)–C–C–N with tert-alkyl or cyclic N) is 1. The van der Waals surface area contributed by atoms with Crippen molar-refractivity contribution in [1.29, 1.82) is 0 Å². The van der Waals surface area contributed by atoms with E-state index in [1.807, 2.05) is 26.8 Å². The second kappa shape index (κ2) is 10.9. The fourth-order valence-corrected chi connectivity index (χ4v) is 5.82. The van der Waals surface area contributed by atoms with Crippen LogP contribution in [0.1, 0.15) is 30.0 Å². The SMILES string of the molecule is Cc1noc(C)c1-c1ccc2nc(N3CCN(CC(C)O)CC3)nc(N3CCOC[C@@H]3c3ccccc3)c2c1. The van der Waals surface area contributed by atoms with Gasteiger partial charge in [0.05, 0.1) is 36.6 Å². The number of nitrogens with zero attached hydrogens (tertiary/aromatic N) is 6.